The fourth-order valence-electron chi connectivity index (χ4n) is 4.14. The highest BCUT2D eigenvalue weighted by Gasteiger charge is 2.59. The van der Waals surface area contributed by atoms with Crippen LogP contribution in [-0.2, 0) is 5.60 Å². The maximum absolute atomic E-state index is 14.4. The molecule has 4 aromatic rings. The van der Waals surface area contributed by atoms with Crippen LogP contribution in [0, 0.1) is 6.92 Å². The van der Waals surface area contributed by atoms with Crippen LogP contribution in [0.5, 0.6) is 11.5 Å². The lowest BCUT2D eigenvalue weighted by Crippen LogP contribution is -2.46. The predicted octanol–water partition coefficient (Wildman–Crippen LogP) is 5.92. The molecular weight excluding hydrogens is 497 g/mol. The van der Waals surface area contributed by atoms with Gasteiger partial charge in [0.05, 0.1) is 11.0 Å². The predicted molar refractivity (Wildman–Crippen MR) is 128 cm³/mol. The van der Waals surface area contributed by atoms with E-state index in [9.17, 15) is 28.5 Å². The first kappa shape index (κ1) is 25.8. The number of benzene rings is 3. The molecule has 0 aliphatic heterocycles. The first-order chi connectivity index (χ1) is 16.9. The molecule has 0 unspecified atom stereocenters. The zero-order valence-electron chi connectivity index (χ0n) is 19.2. The van der Waals surface area contributed by atoms with E-state index in [1.54, 1.807) is 13.0 Å². The molecule has 4 rings (SSSR count). The van der Waals surface area contributed by atoms with Gasteiger partial charge >= 0.3 is 6.18 Å². The van der Waals surface area contributed by atoms with Gasteiger partial charge in [-0.15, -0.1) is 0 Å². The molecule has 188 valence electrons. The molecule has 0 radical (unpaired) electrons. The molecule has 3 aromatic carbocycles. The molecule has 0 spiro atoms. The molecule has 0 saturated heterocycles. The Kier molecular flexibility index (Phi) is 6.94. The molecule has 0 fully saturated rings. The van der Waals surface area contributed by atoms with Crippen molar-refractivity contribution in [1.82, 2.24) is 9.97 Å². The van der Waals surface area contributed by atoms with Crippen LogP contribution in [0.4, 0.5) is 13.2 Å². The maximum atomic E-state index is 14.4. The van der Waals surface area contributed by atoms with E-state index in [0.717, 1.165) is 0 Å². The molecule has 0 bridgehead atoms. The lowest BCUT2D eigenvalue weighted by molar-refractivity contribution is -0.274. The molecule has 2 atom stereocenters. The van der Waals surface area contributed by atoms with E-state index in [4.69, 9.17) is 16.3 Å². The number of aromatic nitrogens is 2. The highest BCUT2D eigenvalue weighted by atomic mass is 35.5. The number of hydrogen-bond donors (Lipinski definition) is 3. The number of halogens is 4. The van der Waals surface area contributed by atoms with Gasteiger partial charge in [0.2, 0.25) is 0 Å². The van der Waals surface area contributed by atoms with Gasteiger partial charge in [-0.1, -0.05) is 36.7 Å². The number of aliphatic hydroxyl groups is 3. The van der Waals surface area contributed by atoms with E-state index < -0.39 is 24.0 Å². The quantitative estimate of drug-likeness (QED) is 0.274. The SMILES string of the molecule is Cc1cc(Oc2ccc([C@@H](C)[C@@](O)(c3ccc4nccnc4c3)C(F)(F)F)c(Cl)c2)ccc1C(O)O. The van der Waals surface area contributed by atoms with Crippen LogP contribution in [0.3, 0.4) is 0 Å². The standard InChI is InChI=1S/C26H22ClF3N2O4/c1-14-11-17(4-6-19(14)24(33)34)36-18-5-7-20(21(27)13-18)15(2)25(35,26(28,29)30)16-3-8-22-23(12-16)32-10-9-31-22/h3-13,15,24,33-35H,1-2H3/t15-,25-/m1/s1. The van der Waals surface area contributed by atoms with E-state index >= 15 is 0 Å². The molecule has 36 heavy (non-hydrogen) atoms. The van der Waals surface area contributed by atoms with Crippen LogP contribution in [0.25, 0.3) is 11.0 Å². The van der Waals surface area contributed by atoms with E-state index in [0.29, 0.717) is 22.4 Å². The molecule has 6 nitrogen and oxygen atoms in total. The van der Waals surface area contributed by atoms with Crippen molar-refractivity contribution in [1.29, 1.82) is 0 Å². The largest absolute Gasteiger partial charge is 0.457 e. The summed E-state index contributed by atoms with van der Waals surface area (Å²) in [6.07, 6.45) is -3.87. The Balaban J connectivity index is 1.68. The summed E-state index contributed by atoms with van der Waals surface area (Å²) < 4.78 is 48.8. The summed E-state index contributed by atoms with van der Waals surface area (Å²) in [4.78, 5) is 8.11. The number of fused-ring (bicyclic) bond motifs is 1. The Morgan fingerprint density at radius 3 is 2.06 bits per heavy atom. The number of alkyl halides is 3. The van der Waals surface area contributed by atoms with Gasteiger partial charge in [-0.2, -0.15) is 13.2 Å². The van der Waals surface area contributed by atoms with E-state index in [2.05, 4.69) is 9.97 Å². The van der Waals surface area contributed by atoms with Crippen LogP contribution < -0.4 is 4.74 Å². The molecule has 1 heterocycles. The minimum Gasteiger partial charge on any atom is -0.457 e. The van der Waals surface area contributed by atoms with Crippen LogP contribution >= 0.6 is 11.6 Å². The second-order valence-electron chi connectivity index (χ2n) is 8.42. The third-order valence-corrected chi connectivity index (χ3v) is 6.49. The van der Waals surface area contributed by atoms with E-state index in [1.165, 1.54) is 67.8 Å². The fraction of sp³-hybridized carbons (Fsp3) is 0.231. The number of ether oxygens (including phenoxy) is 1. The number of aryl methyl sites for hydroxylation is 1. The van der Waals surface area contributed by atoms with Crippen molar-refractivity contribution in [3.63, 3.8) is 0 Å². The maximum Gasteiger partial charge on any atom is 0.422 e. The van der Waals surface area contributed by atoms with Crippen molar-refractivity contribution in [3.8, 4) is 11.5 Å². The average molecular weight is 519 g/mol. The minimum absolute atomic E-state index is 0.0256. The topological polar surface area (TPSA) is 95.7 Å². The van der Waals surface area contributed by atoms with Crippen molar-refractivity contribution in [2.24, 2.45) is 0 Å². The summed E-state index contributed by atoms with van der Waals surface area (Å²) >= 11 is 6.38. The van der Waals surface area contributed by atoms with Crippen molar-refractivity contribution in [2.75, 3.05) is 0 Å². The number of rotatable bonds is 6. The van der Waals surface area contributed by atoms with Crippen LogP contribution in [0.2, 0.25) is 5.02 Å². The molecule has 0 aliphatic rings. The average Bonchev–Trinajstić information content (AvgIpc) is 2.82. The van der Waals surface area contributed by atoms with Gasteiger partial charge in [0, 0.05) is 28.9 Å². The zero-order chi connectivity index (χ0) is 26.3. The summed E-state index contributed by atoms with van der Waals surface area (Å²) in [5.74, 6) is -0.859. The van der Waals surface area contributed by atoms with Crippen LogP contribution in [0.15, 0.2) is 67.0 Å². The van der Waals surface area contributed by atoms with Gasteiger partial charge in [0.15, 0.2) is 11.9 Å². The Hall–Kier alpha value is -3.24. The molecule has 0 saturated carbocycles. The first-order valence-electron chi connectivity index (χ1n) is 10.9. The summed E-state index contributed by atoms with van der Waals surface area (Å²) in [5, 5.41) is 29.8. The summed E-state index contributed by atoms with van der Waals surface area (Å²) in [7, 11) is 0. The Morgan fingerprint density at radius 2 is 1.47 bits per heavy atom. The third-order valence-electron chi connectivity index (χ3n) is 6.16. The second-order valence-corrected chi connectivity index (χ2v) is 8.83. The zero-order valence-corrected chi connectivity index (χ0v) is 19.9. The van der Waals surface area contributed by atoms with Crippen molar-refractivity contribution >= 4 is 22.6 Å². The van der Waals surface area contributed by atoms with Crippen LogP contribution in [0.1, 0.15) is 41.4 Å². The highest BCUT2D eigenvalue weighted by molar-refractivity contribution is 6.31. The summed E-state index contributed by atoms with van der Waals surface area (Å²) in [6, 6.07) is 12.5. The molecule has 0 aliphatic carbocycles. The fourth-order valence-corrected chi connectivity index (χ4v) is 4.48. The first-order valence-corrected chi connectivity index (χ1v) is 11.2. The van der Waals surface area contributed by atoms with Gasteiger partial charge in [-0.3, -0.25) is 9.97 Å². The Bertz CT molecular complexity index is 1410. The number of hydrogen-bond acceptors (Lipinski definition) is 6. The van der Waals surface area contributed by atoms with E-state index in [1.807, 2.05) is 0 Å². The Morgan fingerprint density at radius 1 is 0.861 bits per heavy atom. The van der Waals surface area contributed by atoms with Crippen molar-refractivity contribution < 1.29 is 33.2 Å². The molecule has 3 N–H and O–H groups in total. The highest BCUT2D eigenvalue weighted by Crippen LogP contribution is 2.50. The van der Waals surface area contributed by atoms with Gasteiger partial charge in [0.1, 0.15) is 11.5 Å². The second kappa shape index (κ2) is 9.67. The smallest absolute Gasteiger partial charge is 0.422 e. The normalized spacial score (nSPS) is 14.6. The molecule has 0 amide bonds. The summed E-state index contributed by atoms with van der Waals surface area (Å²) in [6.45, 7) is 2.92. The van der Waals surface area contributed by atoms with Gasteiger partial charge in [0.25, 0.3) is 0 Å². The molecule has 1 aromatic heterocycles. The number of aliphatic hydroxyl groups excluding tert-OH is 1. The van der Waals surface area contributed by atoms with Crippen molar-refractivity contribution in [2.45, 2.75) is 37.8 Å². The monoisotopic (exact) mass is 518 g/mol. The lowest BCUT2D eigenvalue weighted by atomic mass is 9.77. The molecular formula is C26H22ClF3N2O4. The molecule has 10 heteroatoms. The van der Waals surface area contributed by atoms with Gasteiger partial charge in [-0.05, 0) is 60.0 Å². The van der Waals surface area contributed by atoms with E-state index in [-0.39, 0.29) is 27.4 Å². The van der Waals surface area contributed by atoms with Crippen LogP contribution in [-0.4, -0.2) is 31.5 Å². The minimum atomic E-state index is -5.03. The lowest BCUT2D eigenvalue weighted by Gasteiger charge is -2.37. The number of nitrogens with zero attached hydrogens (tertiary/aromatic N) is 2. The van der Waals surface area contributed by atoms with Gasteiger partial charge in [-0.25, -0.2) is 0 Å². The Labute approximate surface area is 209 Å². The van der Waals surface area contributed by atoms with Crippen molar-refractivity contribution in [3.05, 3.63) is 94.3 Å². The summed E-state index contributed by atoms with van der Waals surface area (Å²) in [5.41, 5.74) is -2.07. The third kappa shape index (κ3) is 4.75. The van der Waals surface area contributed by atoms with Gasteiger partial charge < -0.3 is 20.1 Å².